The molecule has 0 bridgehead atoms. The lowest BCUT2D eigenvalue weighted by Crippen LogP contribution is -2.45. The third kappa shape index (κ3) is 4.97. The smallest absolute Gasteiger partial charge is 0.0773 e. The van der Waals surface area contributed by atoms with Gasteiger partial charge in [0.25, 0.3) is 0 Å². The summed E-state index contributed by atoms with van der Waals surface area (Å²) in [6.45, 7) is 11.7. The number of unbranched alkanes of at least 4 members (excludes halogenated alkanes) is 1. The van der Waals surface area contributed by atoms with Crippen molar-refractivity contribution >= 4 is 0 Å². The molecule has 0 aliphatic heterocycles. The average molecular weight is 201 g/mol. The van der Waals surface area contributed by atoms with Crippen LogP contribution < -0.4 is 5.73 Å². The van der Waals surface area contributed by atoms with E-state index in [9.17, 15) is 0 Å². The van der Waals surface area contributed by atoms with E-state index in [0.717, 1.165) is 19.4 Å². The molecule has 0 heterocycles. The predicted octanol–water partition coefficient (Wildman–Crippen LogP) is 2.96. The number of rotatable bonds is 6. The van der Waals surface area contributed by atoms with Gasteiger partial charge >= 0.3 is 0 Å². The first kappa shape index (κ1) is 13.9. The second-order valence-corrected chi connectivity index (χ2v) is 5.08. The maximum absolute atomic E-state index is 6.06. The van der Waals surface area contributed by atoms with E-state index in [1.165, 1.54) is 6.42 Å². The van der Waals surface area contributed by atoms with Gasteiger partial charge in [-0.15, -0.1) is 0 Å². The topological polar surface area (TPSA) is 35.2 Å². The molecule has 2 N–H and O–H groups in total. The fourth-order valence-corrected chi connectivity index (χ4v) is 1.58. The molecule has 0 rings (SSSR count). The van der Waals surface area contributed by atoms with Crippen LogP contribution in [0.25, 0.3) is 0 Å². The molecule has 0 aromatic rings. The lowest BCUT2D eigenvalue weighted by atomic mass is 9.84. The van der Waals surface area contributed by atoms with E-state index < -0.39 is 0 Å². The number of ether oxygens (including phenoxy) is 1. The lowest BCUT2D eigenvalue weighted by molar-refractivity contribution is -0.0351. The van der Waals surface area contributed by atoms with Crippen molar-refractivity contribution in [3.05, 3.63) is 0 Å². The van der Waals surface area contributed by atoms with Crippen molar-refractivity contribution in [2.75, 3.05) is 6.61 Å². The highest BCUT2D eigenvalue weighted by molar-refractivity contribution is 4.83. The maximum atomic E-state index is 6.06. The summed E-state index contributed by atoms with van der Waals surface area (Å²) in [5.74, 6) is 0. The molecule has 0 aliphatic rings. The van der Waals surface area contributed by atoms with Crippen molar-refractivity contribution in [3.8, 4) is 0 Å². The Bertz CT molecular complexity index is 140. The van der Waals surface area contributed by atoms with Gasteiger partial charge in [0, 0.05) is 12.6 Å². The highest BCUT2D eigenvalue weighted by Gasteiger charge is 2.29. The van der Waals surface area contributed by atoms with Crippen LogP contribution >= 0.6 is 0 Å². The summed E-state index contributed by atoms with van der Waals surface area (Å²) in [5.41, 5.74) is 6.20. The highest BCUT2D eigenvalue weighted by Crippen LogP contribution is 2.25. The van der Waals surface area contributed by atoms with Crippen molar-refractivity contribution < 1.29 is 4.74 Å². The van der Waals surface area contributed by atoms with Crippen molar-refractivity contribution in [3.63, 3.8) is 0 Å². The summed E-state index contributed by atoms with van der Waals surface area (Å²) < 4.78 is 5.87. The summed E-state index contributed by atoms with van der Waals surface area (Å²) in [4.78, 5) is 0. The Hall–Kier alpha value is -0.0800. The van der Waals surface area contributed by atoms with Crippen LogP contribution in [0.15, 0.2) is 0 Å². The number of hydrogen-bond acceptors (Lipinski definition) is 2. The quantitative estimate of drug-likeness (QED) is 0.671. The van der Waals surface area contributed by atoms with Gasteiger partial charge in [-0.25, -0.2) is 0 Å². The molecule has 2 unspecified atom stereocenters. The van der Waals surface area contributed by atoms with E-state index in [1.807, 2.05) is 0 Å². The summed E-state index contributed by atoms with van der Waals surface area (Å²) in [5, 5.41) is 0. The Kier molecular flexibility index (Phi) is 6.38. The van der Waals surface area contributed by atoms with Crippen LogP contribution in [0.4, 0.5) is 0 Å². The molecule has 2 nitrogen and oxygen atoms in total. The summed E-state index contributed by atoms with van der Waals surface area (Å²) in [7, 11) is 0. The second kappa shape index (κ2) is 6.41. The average Bonchev–Trinajstić information content (AvgIpc) is 2.09. The SMILES string of the molecule is CCCCOC(C(N)CC)C(C)(C)C. The Morgan fingerprint density at radius 1 is 1.21 bits per heavy atom. The fourth-order valence-electron chi connectivity index (χ4n) is 1.58. The van der Waals surface area contributed by atoms with Crippen LogP contribution in [0.5, 0.6) is 0 Å². The van der Waals surface area contributed by atoms with E-state index >= 15 is 0 Å². The normalized spacial score (nSPS) is 16.7. The van der Waals surface area contributed by atoms with E-state index in [4.69, 9.17) is 10.5 Å². The molecule has 0 spiro atoms. The van der Waals surface area contributed by atoms with E-state index in [0.29, 0.717) is 0 Å². The van der Waals surface area contributed by atoms with Crippen LogP contribution in [0.2, 0.25) is 0 Å². The van der Waals surface area contributed by atoms with Gasteiger partial charge in [-0.3, -0.25) is 0 Å². The Morgan fingerprint density at radius 2 is 1.79 bits per heavy atom. The summed E-state index contributed by atoms with van der Waals surface area (Å²) in [6.07, 6.45) is 3.47. The third-order valence-corrected chi connectivity index (χ3v) is 2.51. The monoisotopic (exact) mass is 201 g/mol. The van der Waals surface area contributed by atoms with Crippen LogP contribution in [0.1, 0.15) is 53.9 Å². The molecule has 0 aromatic heterocycles. The summed E-state index contributed by atoms with van der Waals surface area (Å²) in [6, 6.07) is 0.159. The van der Waals surface area contributed by atoms with Crippen LogP contribution in [0.3, 0.4) is 0 Å². The third-order valence-electron chi connectivity index (χ3n) is 2.51. The van der Waals surface area contributed by atoms with Crippen LogP contribution in [-0.2, 0) is 4.74 Å². The van der Waals surface area contributed by atoms with Gasteiger partial charge in [0.15, 0.2) is 0 Å². The van der Waals surface area contributed by atoms with Gasteiger partial charge in [-0.1, -0.05) is 41.0 Å². The first-order valence-electron chi connectivity index (χ1n) is 5.80. The van der Waals surface area contributed by atoms with Gasteiger partial charge < -0.3 is 10.5 Å². The fraction of sp³-hybridized carbons (Fsp3) is 1.00. The van der Waals surface area contributed by atoms with Gasteiger partial charge in [0.2, 0.25) is 0 Å². The number of hydrogen-bond donors (Lipinski definition) is 1. The molecule has 14 heavy (non-hydrogen) atoms. The standard InChI is InChI=1S/C12H27NO/c1-6-8-9-14-11(10(13)7-2)12(3,4)5/h10-11H,6-9,13H2,1-5H3. The zero-order valence-electron chi connectivity index (χ0n) is 10.5. The van der Waals surface area contributed by atoms with E-state index in [1.54, 1.807) is 0 Å². The van der Waals surface area contributed by atoms with Gasteiger partial charge in [0.1, 0.15) is 0 Å². The van der Waals surface area contributed by atoms with Gasteiger partial charge in [-0.05, 0) is 18.3 Å². The molecule has 0 radical (unpaired) electrons. The minimum atomic E-state index is 0.142. The molecule has 0 aromatic carbocycles. The first-order valence-corrected chi connectivity index (χ1v) is 5.80. The molecule has 0 saturated heterocycles. The largest absolute Gasteiger partial charge is 0.376 e. The predicted molar refractivity (Wildman–Crippen MR) is 62.4 cm³/mol. The Balaban J connectivity index is 4.12. The highest BCUT2D eigenvalue weighted by atomic mass is 16.5. The second-order valence-electron chi connectivity index (χ2n) is 5.08. The molecule has 2 heteroatoms. The van der Waals surface area contributed by atoms with Crippen molar-refractivity contribution in [2.24, 2.45) is 11.1 Å². The molecular formula is C12H27NO. The number of nitrogens with two attached hydrogens (primary N) is 1. The van der Waals surface area contributed by atoms with Crippen molar-refractivity contribution in [1.82, 2.24) is 0 Å². The molecule has 0 saturated carbocycles. The van der Waals surface area contributed by atoms with Crippen molar-refractivity contribution in [2.45, 2.75) is 66.0 Å². The first-order chi connectivity index (χ1) is 6.43. The van der Waals surface area contributed by atoms with Crippen molar-refractivity contribution in [1.29, 1.82) is 0 Å². The van der Waals surface area contributed by atoms with Crippen LogP contribution in [-0.4, -0.2) is 18.8 Å². The van der Waals surface area contributed by atoms with E-state index in [2.05, 4.69) is 34.6 Å². The zero-order chi connectivity index (χ0) is 11.2. The molecular weight excluding hydrogens is 174 g/mol. The maximum Gasteiger partial charge on any atom is 0.0773 e. The minimum absolute atomic E-state index is 0.142. The molecule has 86 valence electrons. The molecule has 0 aliphatic carbocycles. The van der Waals surface area contributed by atoms with Crippen LogP contribution in [0, 0.1) is 5.41 Å². The molecule has 0 amide bonds. The minimum Gasteiger partial charge on any atom is -0.376 e. The lowest BCUT2D eigenvalue weighted by Gasteiger charge is -2.34. The Labute approximate surface area is 89.2 Å². The molecule has 0 fully saturated rings. The zero-order valence-corrected chi connectivity index (χ0v) is 10.5. The Morgan fingerprint density at radius 3 is 2.14 bits per heavy atom. The van der Waals surface area contributed by atoms with E-state index in [-0.39, 0.29) is 17.6 Å². The van der Waals surface area contributed by atoms with Gasteiger partial charge in [0.05, 0.1) is 6.10 Å². The molecule has 2 atom stereocenters. The van der Waals surface area contributed by atoms with Gasteiger partial charge in [-0.2, -0.15) is 0 Å². The summed E-state index contributed by atoms with van der Waals surface area (Å²) >= 11 is 0.